The van der Waals surface area contributed by atoms with E-state index in [1.807, 2.05) is 31.2 Å². The molecule has 1 fully saturated rings. The van der Waals surface area contributed by atoms with E-state index in [1.165, 1.54) is 38.2 Å². The summed E-state index contributed by atoms with van der Waals surface area (Å²) in [5, 5.41) is 0. The first kappa shape index (κ1) is 32.7. The zero-order valence-electron chi connectivity index (χ0n) is 24.8. The van der Waals surface area contributed by atoms with Crippen LogP contribution in [0, 0.1) is 18.6 Å². The molecule has 44 heavy (non-hydrogen) atoms. The van der Waals surface area contributed by atoms with Gasteiger partial charge in [0.2, 0.25) is 0 Å². The van der Waals surface area contributed by atoms with Crippen molar-refractivity contribution in [2.75, 3.05) is 6.61 Å². The van der Waals surface area contributed by atoms with Gasteiger partial charge in [-0.05, 0) is 53.4 Å². The Bertz CT molecular complexity index is 1550. The van der Waals surface area contributed by atoms with Crippen molar-refractivity contribution < 1.29 is 51.6 Å². The Labute approximate surface area is 257 Å². The van der Waals surface area contributed by atoms with E-state index in [2.05, 4.69) is 0 Å². The van der Waals surface area contributed by atoms with Crippen molar-refractivity contribution in [3.05, 3.63) is 81.7 Å². The molecule has 2 heterocycles. The van der Waals surface area contributed by atoms with Gasteiger partial charge < -0.3 is 23.7 Å². The predicted molar refractivity (Wildman–Crippen MR) is 155 cm³/mol. The zero-order chi connectivity index (χ0) is 32.1. The maximum Gasteiger partial charge on any atom is 0.303 e. The highest BCUT2D eigenvalue weighted by molar-refractivity contribution is 7.15. The van der Waals surface area contributed by atoms with Gasteiger partial charge in [-0.3, -0.25) is 19.2 Å². The molecule has 2 aromatic carbocycles. The molecule has 0 radical (unpaired) electrons. The molecule has 0 saturated carbocycles. The molecule has 4 rings (SSSR count). The number of hydrogen-bond acceptors (Lipinski definition) is 10. The number of halogens is 2. The fraction of sp³-hybridized carbons (Fsp3) is 0.375. The second-order valence-electron chi connectivity index (χ2n) is 10.4. The summed E-state index contributed by atoms with van der Waals surface area (Å²) in [7, 11) is 0. The van der Waals surface area contributed by atoms with Crippen LogP contribution in [0.2, 0.25) is 0 Å². The molecule has 5 atom stereocenters. The van der Waals surface area contributed by atoms with E-state index in [9.17, 15) is 28.0 Å². The van der Waals surface area contributed by atoms with Gasteiger partial charge in [0.25, 0.3) is 0 Å². The minimum atomic E-state index is -1.28. The molecular weight excluding hydrogens is 598 g/mol. The van der Waals surface area contributed by atoms with Crippen LogP contribution in [-0.2, 0) is 49.3 Å². The molecule has 1 aliphatic heterocycles. The molecular formula is C32H32F2O9S. The fourth-order valence-corrected chi connectivity index (χ4v) is 6.05. The largest absolute Gasteiger partial charge is 0.463 e. The molecule has 1 aliphatic rings. The summed E-state index contributed by atoms with van der Waals surface area (Å²) in [5.74, 6) is -4.55. The SMILES string of the molecule is CC(=O)OC[C@H]1O[C@@H](c2ccc(C)c(Cc3ccc(-c4ccc(F)c(F)c4)s3)c2)[C@H](OC(C)=O)[C@@H](OC(C)=O)[C@@H]1OC(C)=O. The van der Waals surface area contributed by atoms with Crippen LogP contribution < -0.4 is 0 Å². The van der Waals surface area contributed by atoms with Crippen molar-refractivity contribution in [2.24, 2.45) is 0 Å². The Hall–Kier alpha value is -4.16. The highest BCUT2D eigenvalue weighted by Crippen LogP contribution is 2.39. The molecule has 234 valence electrons. The van der Waals surface area contributed by atoms with Gasteiger partial charge in [0.05, 0.1) is 0 Å². The topological polar surface area (TPSA) is 114 Å². The molecule has 0 aliphatic carbocycles. The van der Waals surface area contributed by atoms with Crippen molar-refractivity contribution in [3.63, 3.8) is 0 Å². The van der Waals surface area contributed by atoms with Gasteiger partial charge >= 0.3 is 23.9 Å². The van der Waals surface area contributed by atoms with Crippen molar-refractivity contribution in [1.82, 2.24) is 0 Å². The molecule has 3 aromatic rings. The molecule has 0 spiro atoms. The summed E-state index contributed by atoms with van der Waals surface area (Å²) in [6, 6.07) is 13.0. The lowest BCUT2D eigenvalue weighted by Crippen LogP contribution is -2.59. The van der Waals surface area contributed by atoms with Crippen molar-refractivity contribution >= 4 is 35.2 Å². The number of esters is 4. The third-order valence-electron chi connectivity index (χ3n) is 6.92. The smallest absolute Gasteiger partial charge is 0.303 e. The lowest BCUT2D eigenvalue weighted by molar-refractivity contribution is -0.254. The van der Waals surface area contributed by atoms with Crippen LogP contribution in [0.3, 0.4) is 0 Å². The van der Waals surface area contributed by atoms with E-state index in [4.69, 9.17) is 23.7 Å². The van der Waals surface area contributed by atoms with Gasteiger partial charge in [-0.15, -0.1) is 11.3 Å². The van der Waals surface area contributed by atoms with Crippen LogP contribution in [0.4, 0.5) is 8.78 Å². The van der Waals surface area contributed by atoms with E-state index < -0.39 is 66.0 Å². The average molecular weight is 631 g/mol. The molecule has 0 bridgehead atoms. The molecule has 0 N–H and O–H groups in total. The first-order valence-corrected chi connectivity index (χ1v) is 14.6. The Kier molecular flexibility index (Phi) is 10.5. The molecule has 12 heteroatoms. The maximum absolute atomic E-state index is 13.8. The van der Waals surface area contributed by atoms with Crippen LogP contribution in [0.5, 0.6) is 0 Å². The van der Waals surface area contributed by atoms with Crippen molar-refractivity contribution in [1.29, 1.82) is 0 Å². The van der Waals surface area contributed by atoms with Crippen LogP contribution in [0.15, 0.2) is 48.5 Å². The second-order valence-corrected chi connectivity index (χ2v) is 11.5. The van der Waals surface area contributed by atoms with E-state index in [-0.39, 0.29) is 6.61 Å². The number of carbonyl (C=O) groups excluding carboxylic acids is 4. The quantitative estimate of drug-likeness (QED) is 0.227. The minimum absolute atomic E-state index is 0.324. The number of ether oxygens (including phenoxy) is 5. The van der Waals surface area contributed by atoms with Crippen molar-refractivity contribution in [2.45, 2.75) is 71.6 Å². The number of thiophene rings is 1. The van der Waals surface area contributed by atoms with Crippen LogP contribution >= 0.6 is 11.3 Å². The normalized spacial score (nSPS) is 21.3. The second kappa shape index (κ2) is 14.1. The monoisotopic (exact) mass is 630 g/mol. The Morgan fingerprint density at radius 2 is 1.43 bits per heavy atom. The van der Waals surface area contributed by atoms with E-state index in [1.54, 1.807) is 6.07 Å². The van der Waals surface area contributed by atoms with E-state index in [0.29, 0.717) is 17.5 Å². The molecule has 1 aromatic heterocycles. The Morgan fingerprint density at radius 1 is 0.773 bits per heavy atom. The van der Waals surface area contributed by atoms with Gasteiger partial charge in [0, 0.05) is 43.9 Å². The minimum Gasteiger partial charge on any atom is -0.463 e. The predicted octanol–water partition coefficient (Wildman–Crippen LogP) is 5.39. The maximum atomic E-state index is 13.8. The number of carbonyl (C=O) groups is 4. The Morgan fingerprint density at radius 3 is 2.07 bits per heavy atom. The highest BCUT2D eigenvalue weighted by Gasteiger charge is 2.52. The van der Waals surface area contributed by atoms with Gasteiger partial charge in [-0.1, -0.05) is 24.3 Å². The zero-order valence-corrected chi connectivity index (χ0v) is 25.6. The van der Waals surface area contributed by atoms with Crippen LogP contribution in [0.1, 0.15) is 55.4 Å². The first-order valence-electron chi connectivity index (χ1n) is 13.8. The molecule has 0 unspecified atom stereocenters. The third-order valence-corrected chi connectivity index (χ3v) is 8.06. The summed E-state index contributed by atoms with van der Waals surface area (Å²) in [4.78, 5) is 49.8. The van der Waals surface area contributed by atoms with Gasteiger partial charge in [-0.25, -0.2) is 8.78 Å². The van der Waals surface area contributed by atoms with Crippen molar-refractivity contribution in [3.8, 4) is 10.4 Å². The van der Waals surface area contributed by atoms with Gasteiger partial charge in [0.15, 0.2) is 29.9 Å². The summed E-state index contributed by atoms with van der Waals surface area (Å²) >= 11 is 1.43. The first-order chi connectivity index (χ1) is 20.8. The van der Waals surface area contributed by atoms with Crippen LogP contribution in [0.25, 0.3) is 10.4 Å². The lowest BCUT2D eigenvalue weighted by atomic mass is 9.88. The lowest BCUT2D eigenvalue weighted by Gasteiger charge is -2.44. The third kappa shape index (κ3) is 8.06. The van der Waals surface area contributed by atoms with Gasteiger partial charge in [-0.2, -0.15) is 0 Å². The molecule has 1 saturated heterocycles. The summed E-state index contributed by atoms with van der Waals surface area (Å²) in [6.45, 7) is 6.33. The summed E-state index contributed by atoms with van der Waals surface area (Å²) < 4.78 is 55.3. The number of rotatable bonds is 9. The van der Waals surface area contributed by atoms with Gasteiger partial charge in [0.1, 0.15) is 18.8 Å². The number of benzene rings is 2. The molecule has 0 amide bonds. The highest BCUT2D eigenvalue weighted by atomic mass is 32.1. The number of aryl methyl sites for hydroxylation is 1. The Balaban J connectivity index is 1.70. The average Bonchev–Trinajstić information content (AvgIpc) is 3.40. The molecule has 9 nitrogen and oxygen atoms in total. The number of hydrogen-bond donors (Lipinski definition) is 0. The fourth-order valence-electron chi connectivity index (χ4n) is 5.02. The summed E-state index contributed by atoms with van der Waals surface area (Å²) in [6.07, 6.45) is -5.33. The van der Waals surface area contributed by atoms with E-state index in [0.717, 1.165) is 39.9 Å². The standard InChI is InChI=1S/C32H32F2O9S/c1-16-6-7-22(12-23(16)13-24-9-11-28(44-24)21-8-10-25(33)26(34)14-21)29-31(41-19(4)37)32(42-20(5)38)30(40-18(3)36)27(43-29)15-39-17(2)35/h6-12,14,27,29-32H,13,15H2,1-5H3/t27-,29+,30-,31+,32+/m1/s1. The van der Waals surface area contributed by atoms with E-state index >= 15 is 0 Å². The summed E-state index contributed by atoms with van der Waals surface area (Å²) in [5.41, 5.74) is 2.97. The van der Waals surface area contributed by atoms with Crippen LogP contribution in [-0.4, -0.2) is 54.9 Å².